The van der Waals surface area contributed by atoms with E-state index in [2.05, 4.69) is 10.2 Å². The number of benzene rings is 1. The molecule has 1 aromatic carbocycles. The molecule has 0 bridgehead atoms. The summed E-state index contributed by atoms with van der Waals surface area (Å²) in [7, 11) is 0. The van der Waals surface area contributed by atoms with E-state index in [9.17, 15) is 9.18 Å². The zero-order valence-electron chi connectivity index (χ0n) is 15.6. The van der Waals surface area contributed by atoms with Gasteiger partial charge in [-0.05, 0) is 37.5 Å². The Morgan fingerprint density at radius 3 is 2.93 bits per heavy atom. The number of carbonyl (C=O) groups excluding carboxylic acids is 1. The van der Waals surface area contributed by atoms with Crippen LogP contribution >= 0.6 is 23.1 Å². The lowest BCUT2D eigenvalue weighted by Gasteiger charge is -2.17. The predicted octanol–water partition coefficient (Wildman–Crippen LogP) is 5.94. The number of aromatic nitrogens is 2. The molecular formula is C20H21FN2O3S2. The van der Waals surface area contributed by atoms with Crippen LogP contribution in [0, 0.1) is 5.82 Å². The molecule has 8 heteroatoms. The summed E-state index contributed by atoms with van der Waals surface area (Å²) in [5.41, 5.74) is 0.624. The Hall–Kier alpha value is -1.93. The fourth-order valence-corrected chi connectivity index (χ4v) is 5.61. The van der Waals surface area contributed by atoms with Crippen LogP contribution in [0.25, 0.3) is 10.1 Å². The summed E-state index contributed by atoms with van der Waals surface area (Å²) in [6.45, 7) is 2.03. The standard InChI is InChI=1S/C20H21FN2O3S2/c1-2-25-19(24)17-13(16-14(21)9-6-10-15(16)28-17)11-27-20-23-22-18(26-20)12-7-4-3-5-8-12/h6,9-10,12H,2-5,7-8,11H2,1H3. The molecule has 148 valence electrons. The molecule has 1 aliphatic rings. The van der Waals surface area contributed by atoms with Gasteiger partial charge in [0.2, 0.25) is 5.89 Å². The van der Waals surface area contributed by atoms with Crippen molar-refractivity contribution in [3.05, 3.63) is 40.3 Å². The predicted molar refractivity (Wildman–Crippen MR) is 107 cm³/mol. The quantitative estimate of drug-likeness (QED) is 0.363. The number of fused-ring (bicyclic) bond motifs is 1. The number of thioether (sulfide) groups is 1. The first-order chi connectivity index (χ1) is 13.7. The summed E-state index contributed by atoms with van der Waals surface area (Å²) < 4.78 is 26.2. The highest BCUT2D eigenvalue weighted by molar-refractivity contribution is 7.98. The average Bonchev–Trinajstić information content (AvgIpc) is 3.33. The lowest BCUT2D eigenvalue weighted by atomic mass is 9.89. The largest absolute Gasteiger partial charge is 0.462 e. The number of halogens is 1. The monoisotopic (exact) mass is 420 g/mol. The average molecular weight is 421 g/mol. The van der Waals surface area contributed by atoms with Gasteiger partial charge in [0.15, 0.2) is 0 Å². The number of ether oxygens (including phenoxy) is 1. The van der Waals surface area contributed by atoms with E-state index < -0.39 is 5.97 Å². The van der Waals surface area contributed by atoms with Gasteiger partial charge in [-0.1, -0.05) is 37.1 Å². The third-order valence-corrected chi connectivity index (χ3v) is 6.96. The molecule has 0 unspecified atom stereocenters. The fraction of sp³-hybridized carbons (Fsp3) is 0.450. The molecular weight excluding hydrogens is 399 g/mol. The minimum atomic E-state index is -0.424. The van der Waals surface area contributed by atoms with Gasteiger partial charge in [0.1, 0.15) is 10.7 Å². The number of hydrogen-bond donors (Lipinski definition) is 0. The van der Waals surface area contributed by atoms with Crippen LogP contribution in [0.2, 0.25) is 0 Å². The van der Waals surface area contributed by atoms with Gasteiger partial charge in [0.05, 0.1) is 6.61 Å². The van der Waals surface area contributed by atoms with Crippen LogP contribution in [0.5, 0.6) is 0 Å². The number of rotatable bonds is 6. The van der Waals surface area contributed by atoms with Crippen molar-refractivity contribution in [1.82, 2.24) is 10.2 Å². The van der Waals surface area contributed by atoms with E-state index in [1.54, 1.807) is 13.0 Å². The maximum absolute atomic E-state index is 14.5. The van der Waals surface area contributed by atoms with Gasteiger partial charge in [0, 0.05) is 21.8 Å². The van der Waals surface area contributed by atoms with Gasteiger partial charge in [0.25, 0.3) is 5.22 Å². The molecule has 0 atom stereocenters. The van der Waals surface area contributed by atoms with Crippen LogP contribution in [0.15, 0.2) is 27.8 Å². The lowest BCUT2D eigenvalue weighted by molar-refractivity contribution is 0.0531. The van der Waals surface area contributed by atoms with E-state index in [0.717, 1.165) is 17.5 Å². The first-order valence-electron chi connectivity index (χ1n) is 9.50. The van der Waals surface area contributed by atoms with Gasteiger partial charge in [-0.25, -0.2) is 9.18 Å². The molecule has 2 heterocycles. The highest BCUT2D eigenvalue weighted by Crippen LogP contribution is 2.38. The molecule has 0 saturated heterocycles. The van der Waals surface area contributed by atoms with E-state index in [1.807, 2.05) is 6.07 Å². The van der Waals surface area contributed by atoms with Gasteiger partial charge in [-0.2, -0.15) is 0 Å². The molecule has 3 aromatic rings. The number of carbonyl (C=O) groups is 1. The summed E-state index contributed by atoms with van der Waals surface area (Å²) >= 11 is 2.58. The summed E-state index contributed by atoms with van der Waals surface area (Å²) in [5.74, 6) is 0.626. The second-order valence-electron chi connectivity index (χ2n) is 6.77. The third kappa shape index (κ3) is 3.93. The highest BCUT2D eigenvalue weighted by Gasteiger charge is 2.24. The molecule has 0 spiro atoms. The second kappa shape index (κ2) is 8.61. The number of esters is 1. The highest BCUT2D eigenvalue weighted by atomic mass is 32.2. The van der Waals surface area contributed by atoms with E-state index in [0.29, 0.717) is 38.6 Å². The Kier molecular flexibility index (Phi) is 5.96. The minimum absolute atomic E-state index is 0.274. The smallest absolute Gasteiger partial charge is 0.348 e. The lowest BCUT2D eigenvalue weighted by Crippen LogP contribution is -2.05. The zero-order chi connectivity index (χ0) is 19.5. The molecule has 0 radical (unpaired) electrons. The van der Waals surface area contributed by atoms with Gasteiger partial charge in [-0.3, -0.25) is 0 Å². The molecule has 0 aliphatic heterocycles. The Bertz CT molecular complexity index is 979. The SMILES string of the molecule is CCOC(=O)c1sc2cccc(F)c2c1CSc1nnc(C2CCCCC2)o1. The van der Waals surface area contributed by atoms with Crippen molar-refractivity contribution in [1.29, 1.82) is 0 Å². The molecule has 1 fully saturated rings. The van der Waals surface area contributed by atoms with Gasteiger partial charge < -0.3 is 9.15 Å². The van der Waals surface area contributed by atoms with Crippen molar-refractivity contribution in [3.8, 4) is 0 Å². The van der Waals surface area contributed by atoms with Crippen LogP contribution in [0.4, 0.5) is 4.39 Å². The Labute approximate surface area is 170 Å². The van der Waals surface area contributed by atoms with Crippen molar-refractivity contribution < 1.29 is 18.3 Å². The molecule has 4 rings (SSSR count). The van der Waals surface area contributed by atoms with E-state index in [4.69, 9.17) is 9.15 Å². The van der Waals surface area contributed by atoms with Crippen molar-refractivity contribution in [2.45, 2.75) is 55.9 Å². The van der Waals surface area contributed by atoms with Crippen molar-refractivity contribution in [3.63, 3.8) is 0 Å². The van der Waals surface area contributed by atoms with Crippen molar-refractivity contribution >= 4 is 39.2 Å². The molecule has 0 N–H and O–H groups in total. The van der Waals surface area contributed by atoms with Crippen LogP contribution in [0.1, 0.15) is 66.1 Å². The van der Waals surface area contributed by atoms with Gasteiger partial charge in [-0.15, -0.1) is 21.5 Å². The summed E-state index contributed by atoms with van der Waals surface area (Å²) in [6.07, 6.45) is 5.82. The van der Waals surface area contributed by atoms with Crippen molar-refractivity contribution in [2.75, 3.05) is 6.61 Å². The van der Waals surface area contributed by atoms with Crippen LogP contribution in [0.3, 0.4) is 0 Å². The second-order valence-corrected chi connectivity index (χ2v) is 8.75. The first-order valence-corrected chi connectivity index (χ1v) is 11.3. The molecule has 5 nitrogen and oxygen atoms in total. The van der Waals surface area contributed by atoms with Crippen LogP contribution in [-0.2, 0) is 10.5 Å². The summed E-state index contributed by atoms with van der Waals surface area (Å²) in [5, 5.41) is 9.27. The molecule has 2 aromatic heterocycles. The maximum Gasteiger partial charge on any atom is 0.348 e. The van der Waals surface area contributed by atoms with E-state index >= 15 is 0 Å². The van der Waals surface area contributed by atoms with E-state index in [-0.39, 0.29) is 12.4 Å². The summed E-state index contributed by atoms with van der Waals surface area (Å²) in [4.78, 5) is 12.8. The first kappa shape index (κ1) is 19.4. The summed E-state index contributed by atoms with van der Waals surface area (Å²) in [6, 6.07) is 4.87. The minimum Gasteiger partial charge on any atom is -0.462 e. The topological polar surface area (TPSA) is 65.2 Å². The molecule has 28 heavy (non-hydrogen) atoms. The normalized spacial score (nSPS) is 15.2. The van der Waals surface area contributed by atoms with Crippen LogP contribution < -0.4 is 0 Å². The fourth-order valence-electron chi connectivity index (χ4n) is 3.59. The molecule has 0 amide bonds. The Morgan fingerprint density at radius 1 is 1.32 bits per heavy atom. The van der Waals surface area contributed by atoms with Gasteiger partial charge >= 0.3 is 5.97 Å². The van der Waals surface area contributed by atoms with E-state index in [1.165, 1.54) is 48.4 Å². The zero-order valence-corrected chi connectivity index (χ0v) is 17.2. The third-order valence-electron chi connectivity index (χ3n) is 4.94. The Balaban J connectivity index is 1.58. The number of thiophene rings is 1. The molecule has 1 aliphatic carbocycles. The molecule has 1 saturated carbocycles. The Morgan fingerprint density at radius 2 is 2.14 bits per heavy atom. The maximum atomic E-state index is 14.5. The van der Waals surface area contributed by atoms with Crippen molar-refractivity contribution in [2.24, 2.45) is 0 Å². The number of nitrogens with zero attached hydrogens (tertiary/aromatic N) is 2. The number of hydrogen-bond acceptors (Lipinski definition) is 7. The van der Waals surface area contributed by atoms with Crippen LogP contribution in [-0.4, -0.2) is 22.8 Å².